The second-order valence-electron chi connectivity index (χ2n) is 5.68. The Hall–Kier alpha value is -0.790. The van der Waals surface area contributed by atoms with Crippen molar-refractivity contribution in [2.45, 2.75) is 91.0 Å². The van der Waals surface area contributed by atoms with E-state index in [1.807, 2.05) is 0 Å². The number of imidazole rings is 1. The number of aryl methyl sites for hydroxylation is 2. The summed E-state index contributed by atoms with van der Waals surface area (Å²) in [7, 11) is 0. The van der Waals surface area contributed by atoms with Crippen molar-refractivity contribution in [1.82, 2.24) is 4.98 Å². The fourth-order valence-corrected chi connectivity index (χ4v) is 2.65. The van der Waals surface area contributed by atoms with Gasteiger partial charge in [0.05, 0.1) is 6.54 Å². The molecule has 0 bridgehead atoms. The molecule has 1 N–H and O–H groups in total. The topological polar surface area (TPSA) is 19.7 Å². The van der Waals surface area contributed by atoms with Gasteiger partial charge in [0.25, 0.3) is 5.82 Å². The molecule has 1 aromatic rings. The first-order valence-electron chi connectivity index (χ1n) is 8.44. The fraction of sp³-hybridized carbons (Fsp3) is 0.824. The Labute approximate surface area is 119 Å². The van der Waals surface area contributed by atoms with Gasteiger partial charge < -0.3 is 0 Å². The lowest BCUT2D eigenvalue weighted by Gasteiger charge is -2.02. The maximum absolute atomic E-state index is 3.35. The van der Waals surface area contributed by atoms with Gasteiger partial charge in [-0.3, -0.25) is 0 Å². The van der Waals surface area contributed by atoms with Gasteiger partial charge in [-0.2, -0.15) is 0 Å². The number of rotatable bonds is 12. The summed E-state index contributed by atoms with van der Waals surface area (Å²) in [5.74, 6) is 1.39. The molecule has 0 atom stereocenters. The van der Waals surface area contributed by atoms with E-state index in [1.54, 1.807) is 0 Å². The number of nitrogens with zero attached hydrogens (tertiary/aromatic N) is 1. The van der Waals surface area contributed by atoms with Crippen LogP contribution in [0.15, 0.2) is 12.4 Å². The van der Waals surface area contributed by atoms with Crippen molar-refractivity contribution in [2.24, 2.45) is 0 Å². The Morgan fingerprint density at radius 2 is 1.47 bits per heavy atom. The predicted octanol–water partition coefficient (Wildman–Crippen LogP) is 4.79. The number of unbranched alkanes of at least 4 members (excludes halogenated alkanes) is 8. The minimum absolute atomic E-state index is 1.17. The monoisotopic (exact) mass is 265 g/mol. The Bertz CT molecular complexity index is 304. The molecular weight excluding hydrogens is 232 g/mol. The molecule has 0 fully saturated rings. The van der Waals surface area contributed by atoms with Gasteiger partial charge in [0.2, 0.25) is 0 Å². The van der Waals surface area contributed by atoms with Crippen molar-refractivity contribution in [3.8, 4) is 0 Å². The molecule has 0 aliphatic rings. The Kier molecular flexibility index (Phi) is 9.48. The predicted molar refractivity (Wildman–Crippen MR) is 82.2 cm³/mol. The van der Waals surface area contributed by atoms with Crippen molar-refractivity contribution >= 4 is 0 Å². The van der Waals surface area contributed by atoms with Crippen LogP contribution in [0, 0.1) is 0 Å². The van der Waals surface area contributed by atoms with E-state index in [2.05, 4.69) is 35.8 Å². The molecule has 0 saturated heterocycles. The summed E-state index contributed by atoms with van der Waals surface area (Å²) in [6, 6.07) is 0. The first-order valence-corrected chi connectivity index (χ1v) is 8.44. The number of nitrogens with one attached hydrogen (secondary N) is 1. The molecule has 0 aliphatic heterocycles. The lowest BCUT2D eigenvalue weighted by Crippen LogP contribution is -2.36. The number of aromatic nitrogens is 2. The van der Waals surface area contributed by atoms with E-state index in [1.165, 1.54) is 83.0 Å². The first-order chi connectivity index (χ1) is 9.38. The van der Waals surface area contributed by atoms with Crippen LogP contribution in [0.25, 0.3) is 0 Å². The molecule has 110 valence electrons. The maximum Gasteiger partial charge on any atom is 0.254 e. The molecule has 0 amide bonds. The highest BCUT2D eigenvalue weighted by atomic mass is 15.1. The Morgan fingerprint density at radius 1 is 0.842 bits per heavy atom. The molecule has 0 spiro atoms. The van der Waals surface area contributed by atoms with Gasteiger partial charge in [-0.05, 0) is 19.3 Å². The quantitative estimate of drug-likeness (QED) is 0.414. The van der Waals surface area contributed by atoms with Gasteiger partial charge in [0.15, 0.2) is 0 Å². The van der Waals surface area contributed by atoms with Crippen molar-refractivity contribution in [2.75, 3.05) is 0 Å². The minimum atomic E-state index is 1.17. The van der Waals surface area contributed by atoms with Gasteiger partial charge >= 0.3 is 0 Å². The third-order valence-electron chi connectivity index (χ3n) is 3.84. The highest BCUT2D eigenvalue weighted by molar-refractivity contribution is 4.76. The first kappa shape index (κ1) is 16.3. The van der Waals surface area contributed by atoms with Gasteiger partial charge in [0.1, 0.15) is 12.4 Å². The van der Waals surface area contributed by atoms with Crippen LogP contribution >= 0.6 is 0 Å². The maximum atomic E-state index is 3.35. The number of hydrogen-bond donors (Lipinski definition) is 1. The van der Waals surface area contributed by atoms with Gasteiger partial charge in [0, 0.05) is 6.42 Å². The van der Waals surface area contributed by atoms with Crippen LogP contribution in [-0.2, 0) is 13.0 Å². The average molecular weight is 265 g/mol. The smallest absolute Gasteiger partial charge is 0.248 e. The summed E-state index contributed by atoms with van der Waals surface area (Å²) in [5.41, 5.74) is 0. The summed E-state index contributed by atoms with van der Waals surface area (Å²) >= 11 is 0. The molecule has 1 rings (SSSR count). The molecule has 0 unspecified atom stereocenters. The number of aromatic amines is 1. The zero-order chi connectivity index (χ0) is 13.8. The van der Waals surface area contributed by atoms with Crippen LogP contribution in [0.1, 0.15) is 83.9 Å². The van der Waals surface area contributed by atoms with Crippen molar-refractivity contribution in [3.05, 3.63) is 18.2 Å². The third-order valence-corrected chi connectivity index (χ3v) is 3.84. The van der Waals surface area contributed by atoms with Crippen LogP contribution in [0.2, 0.25) is 0 Å². The molecule has 1 heterocycles. The summed E-state index contributed by atoms with van der Waals surface area (Å²) in [6.45, 7) is 5.71. The molecule has 19 heavy (non-hydrogen) atoms. The average Bonchev–Trinajstić information content (AvgIpc) is 2.85. The second kappa shape index (κ2) is 11.1. The second-order valence-corrected chi connectivity index (χ2v) is 5.68. The molecule has 0 radical (unpaired) electrons. The normalized spacial score (nSPS) is 11.1. The molecule has 0 saturated carbocycles. The molecule has 2 nitrogen and oxygen atoms in total. The highest BCUT2D eigenvalue weighted by Gasteiger charge is 2.07. The molecule has 0 aromatic carbocycles. The van der Waals surface area contributed by atoms with E-state index < -0.39 is 0 Å². The van der Waals surface area contributed by atoms with E-state index in [4.69, 9.17) is 0 Å². The largest absolute Gasteiger partial charge is 0.254 e. The van der Waals surface area contributed by atoms with E-state index in [0.717, 1.165) is 0 Å². The van der Waals surface area contributed by atoms with E-state index in [-0.39, 0.29) is 0 Å². The summed E-state index contributed by atoms with van der Waals surface area (Å²) in [5, 5.41) is 0. The molecule has 2 heteroatoms. The van der Waals surface area contributed by atoms with Crippen molar-refractivity contribution < 1.29 is 4.57 Å². The summed E-state index contributed by atoms with van der Waals surface area (Å²) < 4.78 is 2.39. The zero-order valence-electron chi connectivity index (χ0n) is 13.1. The standard InChI is InChI=1S/C17H32N2/c1-3-5-6-7-8-9-10-11-12-15-19-16-14-18-17(19)13-4-2/h14,16H,3-13,15H2,1-2H3/p+1. The van der Waals surface area contributed by atoms with Gasteiger partial charge in [-0.15, -0.1) is 0 Å². The van der Waals surface area contributed by atoms with E-state index in [0.29, 0.717) is 0 Å². The zero-order valence-corrected chi connectivity index (χ0v) is 13.1. The number of H-pyrrole nitrogens is 1. The Morgan fingerprint density at radius 3 is 2.11 bits per heavy atom. The highest BCUT2D eigenvalue weighted by Crippen LogP contribution is 2.09. The van der Waals surface area contributed by atoms with Crippen LogP contribution in [0.4, 0.5) is 0 Å². The lowest BCUT2D eigenvalue weighted by molar-refractivity contribution is -0.703. The van der Waals surface area contributed by atoms with E-state index >= 15 is 0 Å². The van der Waals surface area contributed by atoms with Crippen LogP contribution in [0.3, 0.4) is 0 Å². The van der Waals surface area contributed by atoms with Gasteiger partial charge in [-0.1, -0.05) is 58.8 Å². The summed E-state index contributed by atoms with van der Waals surface area (Å²) in [6.07, 6.45) is 19.3. The van der Waals surface area contributed by atoms with E-state index in [9.17, 15) is 0 Å². The van der Waals surface area contributed by atoms with Crippen LogP contribution in [-0.4, -0.2) is 4.98 Å². The summed E-state index contributed by atoms with van der Waals surface area (Å²) in [4.78, 5) is 3.35. The SMILES string of the molecule is CCCCCCCCCCC[n+]1cc[nH]c1CCC. The lowest BCUT2D eigenvalue weighted by atomic mass is 10.1. The molecular formula is C17H33N2+. The van der Waals surface area contributed by atoms with Crippen molar-refractivity contribution in [1.29, 1.82) is 0 Å². The van der Waals surface area contributed by atoms with Crippen molar-refractivity contribution in [3.63, 3.8) is 0 Å². The van der Waals surface area contributed by atoms with Crippen LogP contribution in [0.5, 0.6) is 0 Å². The fourth-order valence-electron chi connectivity index (χ4n) is 2.65. The minimum Gasteiger partial charge on any atom is -0.248 e. The molecule has 1 aromatic heterocycles. The molecule has 0 aliphatic carbocycles. The van der Waals surface area contributed by atoms with Crippen LogP contribution < -0.4 is 4.57 Å². The Balaban J connectivity index is 1.97. The third kappa shape index (κ3) is 7.39. The van der Waals surface area contributed by atoms with Gasteiger partial charge in [-0.25, -0.2) is 9.55 Å². The number of hydrogen-bond acceptors (Lipinski definition) is 0.